The molecule has 1 saturated heterocycles. The predicted octanol–water partition coefficient (Wildman–Crippen LogP) is 1.56. The molecule has 1 saturated carbocycles. The van der Waals surface area contributed by atoms with Gasteiger partial charge in [0, 0.05) is 30.6 Å². The number of fused-ring (bicyclic) bond motifs is 1. The van der Waals surface area contributed by atoms with Crippen LogP contribution in [0.4, 0.5) is 4.79 Å². The van der Waals surface area contributed by atoms with E-state index in [2.05, 4.69) is 16.8 Å². The maximum Gasteiger partial charge on any atom is 0.407 e. The number of carbonyl (C=O) groups excluding carboxylic acids is 1. The third kappa shape index (κ3) is 5.96. The van der Waals surface area contributed by atoms with E-state index in [1.165, 1.54) is 4.90 Å². The number of nitrogens with two attached hydrogens (primary N) is 3. The molecule has 33 heavy (non-hydrogen) atoms. The number of benzene rings is 1. The maximum atomic E-state index is 13.0. The van der Waals surface area contributed by atoms with Gasteiger partial charge in [-0.1, -0.05) is 18.1 Å². The van der Waals surface area contributed by atoms with E-state index < -0.39 is 23.7 Å². The first-order valence-electron chi connectivity index (χ1n) is 11.3. The Bertz CT molecular complexity index is 965. The number of nitrogens with zero attached hydrogens (tertiary/aromatic N) is 2. The van der Waals surface area contributed by atoms with Crippen molar-refractivity contribution in [2.24, 2.45) is 28.1 Å². The fourth-order valence-corrected chi connectivity index (χ4v) is 4.85. The monoisotopic (exact) mass is 455 g/mol. The van der Waals surface area contributed by atoms with Gasteiger partial charge in [-0.25, -0.2) is 4.79 Å². The fraction of sp³-hybridized carbons (Fsp3) is 0.542. The number of ether oxygens (including phenoxy) is 1. The minimum atomic E-state index is -1.08. The number of guanidine groups is 1. The molecule has 2 aliphatic rings. The van der Waals surface area contributed by atoms with Crippen LogP contribution in [0.2, 0.25) is 0 Å². The number of hydrogen-bond donors (Lipinski definition) is 4. The first-order valence-corrected chi connectivity index (χ1v) is 11.3. The van der Waals surface area contributed by atoms with Crippen molar-refractivity contribution >= 4 is 18.0 Å². The molecule has 1 amide bonds. The van der Waals surface area contributed by atoms with Crippen molar-refractivity contribution in [1.82, 2.24) is 4.90 Å². The van der Waals surface area contributed by atoms with Crippen LogP contribution in [0.5, 0.6) is 0 Å². The molecule has 0 aromatic heterocycles. The Morgan fingerprint density at radius 3 is 2.85 bits per heavy atom. The Morgan fingerprint density at radius 1 is 1.36 bits per heavy atom. The lowest BCUT2D eigenvalue weighted by atomic mass is 9.72. The zero-order chi connectivity index (χ0) is 24.0. The fourth-order valence-electron chi connectivity index (χ4n) is 4.85. The minimum Gasteiger partial charge on any atom is -0.465 e. The van der Waals surface area contributed by atoms with Crippen molar-refractivity contribution in [2.75, 3.05) is 13.1 Å². The summed E-state index contributed by atoms with van der Waals surface area (Å²) in [5.74, 6) is 5.70. The van der Waals surface area contributed by atoms with Crippen LogP contribution in [-0.2, 0) is 9.53 Å². The molecule has 9 nitrogen and oxygen atoms in total. The van der Waals surface area contributed by atoms with Crippen molar-refractivity contribution in [2.45, 2.75) is 63.1 Å². The molecule has 0 spiro atoms. The highest BCUT2D eigenvalue weighted by Gasteiger charge is 2.53. The van der Waals surface area contributed by atoms with Crippen molar-refractivity contribution in [3.05, 3.63) is 35.4 Å². The molecule has 4 atom stereocenters. The van der Waals surface area contributed by atoms with Crippen LogP contribution in [-0.4, -0.2) is 58.8 Å². The molecular weight excluding hydrogens is 422 g/mol. The molecule has 3 rings (SSSR count). The van der Waals surface area contributed by atoms with E-state index in [0.717, 1.165) is 17.5 Å². The summed E-state index contributed by atoms with van der Waals surface area (Å²) in [6.45, 7) is 2.77. The van der Waals surface area contributed by atoms with Crippen LogP contribution in [0.25, 0.3) is 0 Å². The van der Waals surface area contributed by atoms with Gasteiger partial charge in [0.15, 0.2) is 11.6 Å². The average Bonchev–Trinajstić information content (AvgIpc) is 3.21. The average molecular weight is 456 g/mol. The standard InChI is InChI=1S/C24H33N5O4/c1-16-5-2-6-17(15-16)9-12-24(33-21(30)19(25)7-4-13-28-22(26)27)11-3-8-20-18(24)10-14-29(20)23(31)32/h2,5-6,15,18-20H,3-4,7-8,10-11,13-14,25H2,1H3,(H,31,32)(H4,26,27,28)/t18?,19-,20?,24?/m0/s1. The normalized spacial score (nSPS) is 24.7. The maximum absolute atomic E-state index is 13.0. The Labute approximate surface area is 194 Å². The number of aryl methyl sites for hydroxylation is 1. The van der Waals surface area contributed by atoms with Crippen LogP contribution in [0, 0.1) is 24.7 Å². The molecule has 1 aliphatic heterocycles. The van der Waals surface area contributed by atoms with Gasteiger partial charge in [-0.2, -0.15) is 0 Å². The summed E-state index contributed by atoms with van der Waals surface area (Å²) < 4.78 is 6.07. The summed E-state index contributed by atoms with van der Waals surface area (Å²) in [6, 6.07) is 6.72. The van der Waals surface area contributed by atoms with E-state index in [1.807, 2.05) is 31.2 Å². The van der Waals surface area contributed by atoms with Gasteiger partial charge in [-0.15, -0.1) is 0 Å². The molecule has 9 heteroatoms. The van der Waals surface area contributed by atoms with Gasteiger partial charge in [0.2, 0.25) is 0 Å². The van der Waals surface area contributed by atoms with Gasteiger partial charge in [-0.3, -0.25) is 9.79 Å². The summed E-state index contributed by atoms with van der Waals surface area (Å²) in [6.07, 6.45) is 2.53. The Kier molecular flexibility index (Phi) is 7.82. The number of carbonyl (C=O) groups is 2. The highest BCUT2D eigenvalue weighted by Crippen LogP contribution is 2.45. The van der Waals surface area contributed by atoms with Crippen LogP contribution >= 0.6 is 0 Å². The molecule has 1 heterocycles. The molecule has 1 aromatic carbocycles. The summed E-state index contributed by atoms with van der Waals surface area (Å²) in [7, 11) is 0. The van der Waals surface area contributed by atoms with Crippen LogP contribution in [0.3, 0.4) is 0 Å². The zero-order valence-electron chi connectivity index (χ0n) is 19.0. The zero-order valence-corrected chi connectivity index (χ0v) is 19.0. The van der Waals surface area contributed by atoms with Gasteiger partial charge >= 0.3 is 12.1 Å². The summed E-state index contributed by atoms with van der Waals surface area (Å²) in [5, 5.41) is 9.62. The third-order valence-electron chi connectivity index (χ3n) is 6.43. The first-order chi connectivity index (χ1) is 15.7. The van der Waals surface area contributed by atoms with E-state index in [-0.39, 0.29) is 17.9 Å². The Hall–Kier alpha value is -3.25. The van der Waals surface area contributed by atoms with E-state index in [1.54, 1.807) is 0 Å². The molecule has 3 unspecified atom stereocenters. The van der Waals surface area contributed by atoms with Crippen molar-refractivity contribution in [3.8, 4) is 11.8 Å². The van der Waals surface area contributed by atoms with Gasteiger partial charge in [0.25, 0.3) is 0 Å². The highest BCUT2D eigenvalue weighted by atomic mass is 16.6. The Morgan fingerprint density at radius 2 is 2.15 bits per heavy atom. The number of hydrogen-bond acceptors (Lipinski definition) is 5. The number of esters is 1. The molecule has 178 valence electrons. The first kappa shape index (κ1) is 24.4. The largest absolute Gasteiger partial charge is 0.465 e. The molecule has 7 N–H and O–H groups in total. The number of likely N-dealkylation sites (tertiary alicyclic amines) is 1. The minimum absolute atomic E-state index is 0.00557. The van der Waals surface area contributed by atoms with E-state index in [9.17, 15) is 14.7 Å². The quantitative estimate of drug-likeness (QED) is 0.167. The van der Waals surface area contributed by atoms with Gasteiger partial charge in [0.1, 0.15) is 6.04 Å². The van der Waals surface area contributed by atoms with Crippen LogP contribution in [0.15, 0.2) is 29.3 Å². The number of aliphatic imine (C=N–C) groups is 1. The smallest absolute Gasteiger partial charge is 0.407 e. The lowest BCUT2D eigenvalue weighted by molar-refractivity contribution is -0.164. The summed E-state index contributed by atoms with van der Waals surface area (Å²) in [4.78, 5) is 30.1. The van der Waals surface area contributed by atoms with Crippen molar-refractivity contribution in [1.29, 1.82) is 0 Å². The molecular formula is C24H33N5O4. The highest BCUT2D eigenvalue weighted by molar-refractivity contribution is 5.77. The van der Waals surface area contributed by atoms with Gasteiger partial charge < -0.3 is 31.9 Å². The van der Waals surface area contributed by atoms with Crippen molar-refractivity contribution in [3.63, 3.8) is 0 Å². The SMILES string of the molecule is Cc1cccc(C#CC2(OC(=O)[C@@H](N)CCCN=C(N)N)CCCC3C2CCN3C(=O)O)c1. The molecule has 1 aliphatic carbocycles. The second-order valence-electron chi connectivity index (χ2n) is 8.82. The molecule has 1 aromatic rings. The van der Waals surface area contributed by atoms with Crippen LogP contribution < -0.4 is 17.2 Å². The Balaban J connectivity index is 1.84. The van der Waals surface area contributed by atoms with Crippen LogP contribution in [0.1, 0.15) is 49.7 Å². The lowest BCUT2D eigenvalue weighted by Gasteiger charge is -2.42. The second kappa shape index (κ2) is 10.6. The number of amides is 1. The lowest BCUT2D eigenvalue weighted by Crippen LogP contribution is -2.53. The predicted molar refractivity (Wildman–Crippen MR) is 125 cm³/mol. The molecule has 2 fully saturated rings. The number of rotatable bonds is 6. The number of carboxylic acid groups (broad SMARTS) is 1. The van der Waals surface area contributed by atoms with E-state index in [0.29, 0.717) is 45.2 Å². The van der Waals surface area contributed by atoms with Gasteiger partial charge in [0.05, 0.1) is 0 Å². The van der Waals surface area contributed by atoms with Gasteiger partial charge in [-0.05, 0) is 69.1 Å². The van der Waals surface area contributed by atoms with E-state index >= 15 is 0 Å². The molecule has 0 bridgehead atoms. The summed E-state index contributed by atoms with van der Waals surface area (Å²) >= 11 is 0. The third-order valence-corrected chi connectivity index (χ3v) is 6.43. The summed E-state index contributed by atoms with van der Waals surface area (Å²) in [5.41, 5.74) is 17.6. The second-order valence-corrected chi connectivity index (χ2v) is 8.82. The van der Waals surface area contributed by atoms with Crippen molar-refractivity contribution < 1.29 is 19.4 Å². The topological polar surface area (TPSA) is 157 Å². The molecule has 0 radical (unpaired) electrons. The van der Waals surface area contributed by atoms with E-state index in [4.69, 9.17) is 21.9 Å².